The lowest BCUT2D eigenvalue weighted by molar-refractivity contribution is 1.07. The topological polar surface area (TPSA) is 48.5 Å². The van der Waals surface area contributed by atoms with Gasteiger partial charge in [-0.1, -0.05) is 200 Å². The molecule has 0 N–H and O–H groups in total. The lowest BCUT2D eigenvalue weighted by Crippen LogP contribution is -2.01. The molecule has 10 aromatic carbocycles. The first-order chi connectivity index (χ1) is 33.7. The molecule has 0 aliphatic rings. The summed E-state index contributed by atoms with van der Waals surface area (Å²) in [7, 11) is 0. The van der Waals surface area contributed by atoms with Gasteiger partial charge in [-0.05, 0) is 76.3 Å². The van der Waals surface area contributed by atoms with Gasteiger partial charge in [0.15, 0.2) is 17.5 Å². The smallest absolute Gasteiger partial charge is 0.164 e. The number of para-hydroxylation sites is 4. The van der Waals surface area contributed by atoms with Crippen molar-refractivity contribution >= 4 is 43.6 Å². The Morgan fingerprint density at radius 3 is 1.12 bits per heavy atom. The minimum absolute atomic E-state index is 0.620. The van der Waals surface area contributed by atoms with Gasteiger partial charge in [0.25, 0.3) is 0 Å². The summed E-state index contributed by atoms with van der Waals surface area (Å²) >= 11 is 0. The van der Waals surface area contributed by atoms with Crippen molar-refractivity contribution in [2.75, 3.05) is 0 Å². The molecule has 0 aliphatic carbocycles. The molecule has 3 aromatic heterocycles. The number of hydrogen-bond acceptors (Lipinski definition) is 3. The first-order valence-corrected chi connectivity index (χ1v) is 23.0. The summed E-state index contributed by atoms with van der Waals surface area (Å²) in [5.41, 5.74) is 16.6. The van der Waals surface area contributed by atoms with Crippen LogP contribution >= 0.6 is 0 Å². The zero-order valence-corrected chi connectivity index (χ0v) is 36.9. The number of benzene rings is 10. The van der Waals surface area contributed by atoms with Gasteiger partial charge in [-0.15, -0.1) is 0 Å². The van der Waals surface area contributed by atoms with Crippen molar-refractivity contribution in [3.05, 3.63) is 249 Å². The van der Waals surface area contributed by atoms with Crippen LogP contribution in [0.4, 0.5) is 0 Å². The molecule has 0 bridgehead atoms. The van der Waals surface area contributed by atoms with Crippen LogP contribution in [0.1, 0.15) is 0 Å². The van der Waals surface area contributed by atoms with Gasteiger partial charge < -0.3 is 9.13 Å². The molecule has 68 heavy (non-hydrogen) atoms. The van der Waals surface area contributed by atoms with Crippen LogP contribution in [-0.2, 0) is 0 Å². The van der Waals surface area contributed by atoms with E-state index in [1.807, 2.05) is 30.3 Å². The number of fused-ring (bicyclic) bond motifs is 6. The summed E-state index contributed by atoms with van der Waals surface area (Å²) in [5.74, 6) is 1.87. The second-order valence-corrected chi connectivity index (χ2v) is 17.2. The summed E-state index contributed by atoms with van der Waals surface area (Å²) in [6.45, 7) is 0. The third-order valence-corrected chi connectivity index (χ3v) is 13.2. The SMILES string of the molecule is c1ccc(-c2nc(-c3ccc(-c4ccc(-c5ccc(-n6c7ccccc7c7ccccc76)c(-c6ccccc6)c5)cc4)cc3)nc(-c3cccc(-n4c5ccccc5c5ccccc54)c3)n2)cc1. The second-order valence-electron chi connectivity index (χ2n) is 17.2. The third-order valence-electron chi connectivity index (χ3n) is 13.2. The maximum Gasteiger partial charge on any atom is 0.164 e. The molecule has 318 valence electrons. The van der Waals surface area contributed by atoms with E-state index < -0.39 is 0 Å². The summed E-state index contributed by atoms with van der Waals surface area (Å²) in [6, 6.07) is 88.2. The molecule has 0 spiro atoms. The Kier molecular flexibility index (Phi) is 9.43. The first-order valence-electron chi connectivity index (χ1n) is 23.0. The van der Waals surface area contributed by atoms with Crippen LogP contribution in [0, 0.1) is 0 Å². The van der Waals surface area contributed by atoms with Crippen LogP contribution in [0.15, 0.2) is 249 Å². The van der Waals surface area contributed by atoms with E-state index in [1.165, 1.54) is 43.7 Å². The summed E-state index contributed by atoms with van der Waals surface area (Å²) in [6.07, 6.45) is 0. The van der Waals surface area contributed by atoms with Crippen LogP contribution in [0.5, 0.6) is 0 Å². The van der Waals surface area contributed by atoms with Gasteiger partial charge in [-0.2, -0.15) is 0 Å². The van der Waals surface area contributed by atoms with E-state index in [-0.39, 0.29) is 0 Å². The molecule has 0 atom stereocenters. The molecule has 5 nitrogen and oxygen atoms in total. The largest absolute Gasteiger partial charge is 0.309 e. The van der Waals surface area contributed by atoms with Gasteiger partial charge in [0.1, 0.15) is 0 Å². The van der Waals surface area contributed by atoms with Crippen molar-refractivity contribution in [1.82, 2.24) is 24.1 Å². The predicted molar refractivity (Wildman–Crippen MR) is 281 cm³/mol. The monoisotopic (exact) mass is 867 g/mol. The molecule has 13 aromatic rings. The average molecular weight is 868 g/mol. The van der Waals surface area contributed by atoms with Crippen LogP contribution < -0.4 is 0 Å². The zero-order valence-electron chi connectivity index (χ0n) is 36.9. The van der Waals surface area contributed by atoms with Crippen LogP contribution in [0.2, 0.25) is 0 Å². The highest BCUT2D eigenvalue weighted by atomic mass is 15.0. The fourth-order valence-corrected chi connectivity index (χ4v) is 9.94. The molecule has 0 saturated heterocycles. The summed E-state index contributed by atoms with van der Waals surface area (Å²) in [4.78, 5) is 15.3. The van der Waals surface area contributed by atoms with Crippen LogP contribution in [0.25, 0.3) is 123 Å². The summed E-state index contributed by atoms with van der Waals surface area (Å²) in [5, 5.41) is 4.95. The fraction of sp³-hybridized carbons (Fsp3) is 0. The molecule has 0 saturated carbocycles. The summed E-state index contributed by atoms with van der Waals surface area (Å²) < 4.78 is 4.74. The molecule has 0 aliphatic heterocycles. The number of hydrogen-bond donors (Lipinski definition) is 0. The van der Waals surface area contributed by atoms with Crippen molar-refractivity contribution in [3.8, 4) is 78.9 Å². The predicted octanol–water partition coefficient (Wildman–Crippen LogP) is 16.1. The first kappa shape index (κ1) is 39.2. The van der Waals surface area contributed by atoms with Crippen molar-refractivity contribution in [3.63, 3.8) is 0 Å². The van der Waals surface area contributed by atoms with E-state index in [2.05, 4.69) is 228 Å². The molecule has 0 unspecified atom stereocenters. The molecule has 13 rings (SSSR count). The molecule has 3 heterocycles. The Labute approximate surface area is 393 Å². The number of aromatic nitrogens is 5. The molecular weight excluding hydrogens is 827 g/mol. The van der Waals surface area contributed by atoms with Crippen molar-refractivity contribution in [2.24, 2.45) is 0 Å². The highest BCUT2D eigenvalue weighted by Crippen LogP contribution is 2.39. The van der Waals surface area contributed by atoms with E-state index >= 15 is 0 Å². The Hall–Kier alpha value is -9.19. The van der Waals surface area contributed by atoms with E-state index in [1.54, 1.807) is 0 Å². The Balaban J connectivity index is 0.840. The number of nitrogens with zero attached hydrogens (tertiary/aromatic N) is 5. The minimum Gasteiger partial charge on any atom is -0.309 e. The van der Waals surface area contributed by atoms with Gasteiger partial charge in [-0.25, -0.2) is 15.0 Å². The van der Waals surface area contributed by atoms with E-state index in [9.17, 15) is 0 Å². The lowest BCUT2D eigenvalue weighted by atomic mass is 9.95. The zero-order chi connectivity index (χ0) is 45.0. The Morgan fingerprint density at radius 2 is 0.603 bits per heavy atom. The van der Waals surface area contributed by atoms with Crippen molar-refractivity contribution in [2.45, 2.75) is 0 Å². The van der Waals surface area contributed by atoms with Crippen molar-refractivity contribution in [1.29, 1.82) is 0 Å². The lowest BCUT2D eigenvalue weighted by Gasteiger charge is -2.16. The van der Waals surface area contributed by atoms with Crippen LogP contribution in [-0.4, -0.2) is 24.1 Å². The highest BCUT2D eigenvalue weighted by molar-refractivity contribution is 6.10. The maximum absolute atomic E-state index is 5.14. The fourth-order valence-electron chi connectivity index (χ4n) is 9.94. The molecule has 5 heteroatoms. The van der Waals surface area contributed by atoms with Gasteiger partial charge in [0, 0.05) is 49.5 Å². The maximum atomic E-state index is 5.14. The molecule has 0 amide bonds. The number of rotatable bonds is 8. The Bertz CT molecular complexity index is 3890. The minimum atomic E-state index is 0.620. The third kappa shape index (κ3) is 6.76. The molecule has 0 fully saturated rings. The van der Waals surface area contributed by atoms with E-state index in [4.69, 9.17) is 15.0 Å². The normalized spacial score (nSPS) is 11.5. The average Bonchev–Trinajstić information content (AvgIpc) is 3.94. The van der Waals surface area contributed by atoms with E-state index in [0.717, 1.165) is 61.4 Å². The van der Waals surface area contributed by atoms with Crippen LogP contribution in [0.3, 0.4) is 0 Å². The Morgan fingerprint density at radius 1 is 0.235 bits per heavy atom. The second kappa shape index (κ2) is 16.4. The van der Waals surface area contributed by atoms with Gasteiger partial charge in [0.2, 0.25) is 0 Å². The standard InChI is InChI=1S/C63H41N5/c1-3-16-45(17-4-1)55-41-48(38-39-60(55)68-58-28-13-9-24-53(58)54-25-10-14-29-59(54)68)44-32-30-42(31-33-44)43-34-36-47(37-35-43)62-64-61(46-18-5-2-6-19-46)65-63(66-62)49-20-15-21-50(40-49)67-56-26-11-7-22-51(56)52-23-8-12-27-57(52)67/h1-41H. The molecule has 0 radical (unpaired) electrons. The molecular formula is C63H41N5. The van der Waals surface area contributed by atoms with Gasteiger partial charge >= 0.3 is 0 Å². The van der Waals surface area contributed by atoms with Gasteiger partial charge in [-0.3, -0.25) is 0 Å². The van der Waals surface area contributed by atoms with Crippen molar-refractivity contribution < 1.29 is 0 Å². The quantitative estimate of drug-likeness (QED) is 0.153. The highest BCUT2D eigenvalue weighted by Gasteiger charge is 2.18. The van der Waals surface area contributed by atoms with E-state index in [0.29, 0.717) is 17.5 Å². The van der Waals surface area contributed by atoms with Gasteiger partial charge in [0.05, 0.1) is 27.8 Å².